The summed E-state index contributed by atoms with van der Waals surface area (Å²) in [4.78, 5) is 16.0. The number of carbonyl (C=O) groups excluding carboxylic acids is 1. The van der Waals surface area contributed by atoms with Crippen molar-refractivity contribution < 1.29 is 4.79 Å². The first-order valence-electron chi connectivity index (χ1n) is 6.52. The first kappa shape index (κ1) is 12.4. The summed E-state index contributed by atoms with van der Waals surface area (Å²) in [7, 11) is 0. The topological polar surface area (TPSA) is 34.9 Å². The summed E-state index contributed by atoms with van der Waals surface area (Å²) in [6, 6.07) is 3.88. The van der Waals surface area contributed by atoms with Crippen molar-refractivity contribution in [2.24, 2.45) is 0 Å². The van der Waals surface area contributed by atoms with Gasteiger partial charge in [0, 0.05) is 30.2 Å². The molecule has 3 heterocycles. The van der Waals surface area contributed by atoms with Gasteiger partial charge in [-0.05, 0) is 38.3 Å². The fourth-order valence-corrected chi connectivity index (χ4v) is 3.30. The summed E-state index contributed by atoms with van der Waals surface area (Å²) in [5.41, 5.74) is 3.70. The molecule has 0 unspecified atom stereocenters. The van der Waals surface area contributed by atoms with Gasteiger partial charge in [0.05, 0.1) is 16.3 Å². The monoisotopic (exact) mass is 274 g/mol. The second-order valence-electron chi connectivity index (χ2n) is 4.89. The van der Waals surface area contributed by atoms with Crippen LogP contribution in [0.15, 0.2) is 24.5 Å². The van der Waals surface area contributed by atoms with Crippen LogP contribution in [-0.2, 0) is 13.0 Å². The predicted octanol–water partition coefficient (Wildman–Crippen LogP) is 3.74. The van der Waals surface area contributed by atoms with Crippen molar-refractivity contribution in [3.8, 4) is 11.3 Å². The minimum atomic E-state index is 0.0470. The fraction of sp³-hybridized carbons (Fsp3) is 0.333. The maximum atomic E-state index is 11.9. The van der Waals surface area contributed by atoms with Crippen molar-refractivity contribution in [2.45, 2.75) is 32.7 Å². The Labute approximate surface area is 117 Å². The van der Waals surface area contributed by atoms with Crippen LogP contribution >= 0.6 is 11.6 Å². The number of halogens is 1. The molecule has 0 saturated carbocycles. The molecule has 0 bridgehead atoms. The van der Waals surface area contributed by atoms with Crippen molar-refractivity contribution in [1.29, 1.82) is 0 Å². The van der Waals surface area contributed by atoms with Crippen LogP contribution in [-0.4, -0.2) is 15.3 Å². The molecule has 4 heteroatoms. The lowest BCUT2D eigenvalue weighted by atomic mass is 10.0. The summed E-state index contributed by atoms with van der Waals surface area (Å²) in [5.74, 6) is 0.0470. The summed E-state index contributed by atoms with van der Waals surface area (Å²) < 4.78 is 2.19. The van der Waals surface area contributed by atoms with E-state index >= 15 is 0 Å². The molecule has 0 aromatic carbocycles. The number of rotatable bonds is 2. The van der Waals surface area contributed by atoms with Crippen LogP contribution in [0.2, 0.25) is 5.02 Å². The number of fused-ring (bicyclic) bond motifs is 1. The number of hydrogen-bond donors (Lipinski definition) is 0. The van der Waals surface area contributed by atoms with Crippen molar-refractivity contribution >= 4 is 17.4 Å². The normalized spacial score (nSPS) is 14.2. The van der Waals surface area contributed by atoms with Crippen LogP contribution in [0.3, 0.4) is 0 Å². The lowest BCUT2D eigenvalue weighted by Crippen LogP contribution is -2.12. The largest absolute Gasteiger partial charge is 0.343 e. The zero-order chi connectivity index (χ0) is 13.4. The van der Waals surface area contributed by atoms with Gasteiger partial charge in [-0.2, -0.15) is 0 Å². The van der Waals surface area contributed by atoms with E-state index in [1.165, 1.54) is 0 Å². The van der Waals surface area contributed by atoms with E-state index in [1.54, 1.807) is 19.3 Å². The van der Waals surface area contributed by atoms with E-state index in [0.717, 1.165) is 42.8 Å². The molecule has 1 aliphatic rings. The van der Waals surface area contributed by atoms with Gasteiger partial charge < -0.3 is 4.57 Å². The molecule has 3 rings (SSSR count). The molecule has 2 aromatic heterocycles. The lowest BCUT2D eigenvalue weighted by Gasteiger charge is -2.18. The molecular weight excluding hydrogens is 260 g/mol. The van der Waals surface area contributed by atoms with Gasteiger partial charge >= 0.3 is 0 Å². The van der Waals surface area contributed by atoms with E-state index in [0.29, 0.717) is 10.6 Å². The molecule has 0 saturated heterocycles. The molecule has 0 spiro atoms. The summed E-state index contributed by atoms with van der Waals surface area (Å²) in [6.07, 6.45) is 6.71. The van der Waals surface area contributed by atoms with E-state index in [9.17, 15) is 4.79 Å². The molecule has 0 fully saturated rings. The zero-order valence-electron chi connectivity index (χ0n) is 10.8. The highest BCUT2D eigenvalue weighted by Crippen LogP contribution is 2.38. The van der Waals surface area contributed by atoms with Crippen LogP contribution in [0.1, 0.15) is 35.8 Å². The van der Waals surface area contributed by atoms with E-state index in [-0.39, 0.29) is 5.78 Å². The van der Waals surface area contributed by atoms with Crippen LogP contribution in [0.5, 0.6) is 0 Å². The third-order valence-electron chi connectivity index (χ3n) is 3.64. The number of nitrogens with zero attached hydrogens (tertiary/aromatic N) is 2. The van der Waals surface area contributed by atoms with Crippen LogP contribution in [0, 0.1) is 0 Å². The number of carbonyl (C=O) groups is 1. The molecule has 1 aliphatic heterocycles. The molecule has 2 aromatic rings. The van der Waals surface area contributed by atoms with Crippen molar-refractivity contribution in [1.82, 2.24) is 9.55 Å². The summed E-state index contributed by atoms with van der Waals surface area (Å²) in [6.45, 7) is 2.51. The number of Topliss-reactive ketones (excluding diaryl/α,β-unsaturated/α-hetero) is 1. The Balaban J connectivity index is 2.28. The highest BCUT2D eigenvalue weighted by molar-refractivity contribution is 6.36. The second kappa shape index (κ2) is 4.82. The van der Waals surface area contributed by atoms with Crippen molar-refractivity contribution in [3.63, 3.8) is 0 Å². The number of hydrogen-bond acceptors (Lipinski definition) is 2. The SMILES string of the molecule is CC(=O)c1c(Cl)c(-c2cccnc2)n2c1CCCC2. The zero-order valence-corrected chi connectivity index (χ0v) is 11.6. The third-order valence-corrected chi connectivity index (χ3v) is 4.01. The molecule has 0 atom stereocenters. The Bertz CT molecular complexity index is 631. The van der Waals surface area contributed by atoms with Crippen molar-refractivity contribution in [3.05, 3.63) is 40.8 Å². The lowest BCUT2D eigenvalue weighted by molar-refractivity contribution is 0.101. The maximum Gasteiger partial charge on any atom is 0.163 e. The van der Waals surface area contributed by atoms with Gasteiger partial charge in [-0.15, -0.1) is 0 Å². The van der Waals surface area contributed by atoms with Gasteiger partial charge in [-0.1, -0.05) is 11.6 Å². The van der Waals surface area contributed by atoms with Crippen LogP contribution < -0.4 is 0 Å². The number of ketones is 1. The quantitative estimate of drug-likeness (QED) is 0.782. The molecular formula is C15H15ClN2O. The van der Waals surface area contributed by atoms with Gasteiger partial charge in [0.1, 0.15) is 0 Å². The highest BCUT2D eigenvalue weighted by Gasteiger charge is 2.26. The van der Waals surface area contributed by atoms with Gasteiger partial charge in [-0.3, -0.25) is 9.78 Å². The molecule has 3 nitrogen and oxygen atoms in total. The molecule has 0 N–H and O–H groups in total. The minimum Gasteiger partial charge on any atom is -0.343 e. The maximum absolute atomic E-state index is 11.9. The van der Waals surface area contributed by atoms with Gasteiger partial charge in [-0.25, -0.2) is 0 Å². The molecule has 19 heavy (non-hydrogen) atoms. The third kappa shape index (κ3) is 1.98. The van der Waals surface area contributed by atoms with Gasteiger partial charge in [0.2, 0.25) is 0 Å². The van der Waals surface area contributed by atoms with E-state index in [4.69, 9.17) is 11.6 Å². The molecule has 0 amide bonds. The summed E-state index contributed by atoms with van der Waals surface area (Å²) >= 11 is 6.48. The van der Waals surface area contributed by atoms with Crippen LogP contribution in [0.4, 0.5) is 0 Å². The van der Waals surface area contributed by atoms with E-state index in [2.05, 4.69) is 9.55 Å². The Morgan fingerprint density at radius 3 is 2.95 bits per heavy atom. The average Bonchev–Trinajstić information content (AvgIpc) is 2.71. The Kier molecular flexibility index (Phi) is 3.15. The average molecular weight is 275 g/mol. The predicted molar refractivity (Wildman–Crippen MR) is 75.6 cm³/mol. The molecule has 0 radical (unpaired) electrons. The minimum absolute atomic E-state index is 0.0470. The van der Waals surface area contributed by atoms with E-state index < -0.39 is 0 Å². The first-order chi connectivity index (χ1) is 9.20. The molecule has 98 valence electrons. The summed E-state index contributed by atoms with van der Waals surface area (Å²) in [5, 5.41) is 0.581. The smallest absolute Gasteiger partial charge is 0.163 e. The van der Waals surface area contributed by atoms with E-state index in [1.807, 2.05) is 12.1 Å². The second-order valence-corrected chi connectivity index (χ2v) is 5.27. The Morgan fingerprint density at radius 2 is 2.26 bits per heavy atom. The number of pyridine rings is 1. The fourth-order valence-electron chi connectivity index (χ4n) is 2.85. The Morgan fingerprint density at radius 1 is 1.42 bits per heavy atom. The van der Waals surface area contributed by atoms with Gasteiger partial charge in [0.15, 0.2) is 5.78 Å². The number of aromatic nitrogens is 2. The molecule has 0 aliphatic carbocycles. The Hall–Kier alpha value is -1.61. The first-order valence-corrected chi connectivity index (χ1v) is 6.90. The van der Waals surface area contributed by atoms with Gasteiger partial charge in [0.25, 0.3) is 0 Å². The highest BCUT2D eigenvalue weighted by atomic mass is 35.5. The standard InChI is InChI=1S/C15H15ClN2O/c1-10(19)13-12-6-2-3-8-18(12)15(14(13)16)11-5-4-7-17-9-11/h4-5,7,9H,2-3,6,8H2,1H3. The van der Waals surface area contributed by atoms with Crippen LogP contribution in [0.25, 0.3) is 11.3 Å². The van der Waals surface area contributed by atoms with Crippen molar-refractivity contribution in [2.75, 3.05) is 0 Å².